The molecule has 0 heterocycles. The molecule has 2 aromatic rings. The first-order valence-corrected chi connectivity index (χ1v) is 14.7. The zero-order valence-corrected chi connectivity index (χ0v) is 24.1. The Morgan fingerprint density at radius 3 is 2.11 bits per heavy atom. The summed E-state index contributed by atoms with van der Waals surface area (Å²) in [4.78, 5) is 12.5. The van der Waals surface area contributed by atoms with E-state index in [1.165, 1.54) is 56.1 Å². The number of aryl methyl sites for hydroxylation is 1. The van der Waals surface area contributed by atoms with Gasteiger partial charge in [-0.15, -0.1) is 0 Å². The number of hydrogen-bond acceptors (Lipinski definition) is 3. The van der Waals surface area contributed by atoms with Crippen molar-refractivity contribution in [3.8, 4) is 5.75 Å². The maximum atomic E-state index is 12.5. The van der Waals surface area contributed by atoms with Crippen molar-refractivity contribution in [3.05, 3.63) is 65.7 Å². The van der Waals surface area contributed by atoms with Gasteiger partial charge in [-0.25, -0.2) is 0 Å². The van der Waals surface area contributed by atoms with Crippen LogP contribution >= 0.6 is 0 Å². The summed E-state index contributed by atoms with van der Waals surface area (Å²) >= 11 is 0. The lowest BCUT2D eigenvalue weighted by Gasteiger charge is -2.30. The van der Waals surface area contributed by atoms with E-state index in [1.54, 1.807) is 0 Å². The van der Waals surface area contributed by atoms with Crippen molar-refractivity contribution in [2.75, 3.05) is 20.6 Å². The highest BCUT2D eigenvalue weighted by Crippen LogP contribution is 2.19. The molecule has 206 valence electrons. The third kappa shape index (κ3) is 14.3. The van der Waals surface area contributed by atoms with Gasteiger partial charge in [-0.1, -0.05) is 94.8 Å². The Balaban J connectivity index is 1.67. The van der Waals surface area contributed by atoms with Crippen LogP contribution in [-0.2, 0) is 22.5 Å². The first kappa shape index (κ1) is 30.9. The molecule has 2 rings (SSSR count). The fourth-order valence-electron chi connectivity index (χ4n) is 4.72. The van der Waals surface area contributed by atoms with Crippen molar-refractivity contribution in [1.82, 2.24) is 0 Å². The summed E-state index contributed by atoms with van der Waals surface area (Å²) in [5.41, 5.74) is 2.69. The highest BCUT2D eigenvalue weighted by atomic mass is 16.7. The predicted molar refractivity (Wildman–Crippen MR) is 155 cm³/mol. The van der Waals surface area contributed by atoms with Gasteiger partial charge in [0.2, 0.25) is 6.29 Å². The normalized spacial score (nSPS) is 12.3. The van der Waals surface area contributed by atoms with Crippen LogP contribution in [0.3, 0.4) is 0 Å². The van der Waals surface area contributed by atoms with E-state index in [9.17, 15) is 4.79 Å². The third-order valence-electron chi connectivity index (χ3n) is 6.89. The summed E-state index contributed by atoms with van der Waals surface area (Å²) < 4.78 is 12.7. The van der Waals surface area contributed by atoms with Crippen molar-refractivity contribution >= 4 is 5.97 Å². The van der Waals surface area contributed by atoms with E-state index in [4.69, 9.17) is 9.47 Å². The second-order valence-electron chi connectivity index (χ2n) is 11.1. The number of unbranched alkanes of at least 4 members (excludes halogenated alkanes) is 7. The second kappa shape index (κ2) is 18.0. The number of ether oxygens (including phenoxy) is 2. The third-order valence-corrected chi connectivity index (χ3v) is 6.89. The molecule has 0 aromatic heterocycles. The summed E-state index contributed by atoms with van der Waals surface area (Å²) in [6.07, 6.45) is 13.8. The van der Waals surface area contributed by atoms with Gasteiger partial charge in [0.05, 0.1) is 20.6 Å². The molecule has 4 nitrogen and oxygen atoms in total. The molecule has 0 N–H and O–H groups in total. The maximum Gasteiger partial charge on any atom is 0.308 e. The average molecular weight is 511 g/mol. The molecule has 0 bridgehead atoms. The molecule has 0 spiro atoms. The Morgan fingerprint density at radius 2 is 1.43 bits per heavy atom. The zero-order chi connectivity index (χ0) is 26.8. The molecule has 4 heteroatoms. The lowest BCUT2D eigenvalue weighted by Crippen LogP contribution is -2.39. The van der Waals surface area contributed by atoms with Gasteiger partial charge in [0.25, 0.3) is 0 Å². The van der Waals surface area contributed by atoms with E-state index in [0.717, 1.165) is 49.0 Å². The van der Waals surface area contributed by atoms with Gasteiger partial charge >= 0.3 is 5.97 Å². The highest BCUT2D eigenvalue weighted by Gasteiger charge is 2.18. The van der Waals surface area contributed by atoms with Gasteiger partial charge < -0.3 is 14.0 Å². The van der Waals surface area contributed by atoms with Crippen LogP contribution in [0, 0.1) is 0 Å². The number of hydrogen-bond donors (Lipinski definition) is 0. The van der Waals surface area contributed by atoms with Crippen molar-refractivity contribution in [1.29, 1.82) is 0 Å². The smallest absolute Gasteiger partial charge is 0.308 e. The monoisotopic (exact) mass is 510 g/mol. The number of quaternary nitrogens is 1. The molecule has 0 aliphatic carbocycles. The number of carbonyl (C=O) groups is 1. The second-order valence-corrected chi connectivity index (χ2v) is 11.1. The quantitative estimate of drug-likeness (QED) is 0.0775. The first-order chi connectivity index (χ1) is 17.9. The molecule has 0 saturated heterocycles. The van der Waals surface area contributed by atoms with E-state index in [-0.39, 0.29) is 5.97 Å². The van der Waals surface area contributed by atoms with Crippen LogP contribution in [0.5, 0.6) is 5.75 Å². The van der Waals surface area contributed by atoms with Gasteiger partial charge in [0.1, 0.15) is 12.3 Å². The van der Waals surface area contributed by atoms with Crippen molar-refractivity contribution in [3.63, 3.8) is 0 Å². The molecule has 0 radical (unpaired) electrons. The summed E-state index contributed by atoms with van der Waals surface area (Å²) in [6.45, 7) is 6.37. The fourth-order valence-corrected chi connectivity index (χ4v) is 4.72. The van der Waals surface area contributed by atoms with E-state index < -0.39 is 6.29 Å². The highest BCUT2D eigenvalue weighted by molar-refractivity contribution is 5.69. The van der Waals surface area contributed by atoms with Gasteiger partial charge in [-0.3, -0.25) is 4.79 Å². The summed E-state index contributed by atoms with van der Waals surface area (Å²) in [7, 11) is 4.49. The SMILES string of the molecule is CCCCCCCCCc1ccc(OC(CCC)OC(=O)CCCC[N+](C)(C)Cc2ccccc2)cc1. The Kier molecular flexibility index (Phi) is 15.0. The van der Waals surface area contributed by atoms with E-state index in [2.05, 4.69) is 70.4 Å². The number of nitrogens with zero attached hydrogens (tertiary/aromatic N) is 1. The minimum Gasteiger partial charge on any atom is -0.455 e. The molecule has 0 aliphatic heterocycles. The Labute approximate surface area is 227 Å². The van der Waals surface area contributed by atoms with E-state index in [1.807, 2.05) is 12.1 Å². The van der Waals surface area contributed by atoms with Crippen LogP contribution in [0.2, 0.25) is 0 Å². The van der Waals surface area contributed by atoms with Gasteiger partial charge in [0.15, 0.2) is 0 Å². The molecule has 0 amide bonds. The largest absolute Gasteiger partial charge is 0.455 e. The first-order valence-electron chi connectivity index (χ1n) is 14.7. The lowest BCUT2D eigenvalue weighted by molar-refractivity contribution is -0.903. The predicted octanol–water partition coefficient (Wildman–Crippen LogP) is 8.47. The topological polar surface area (TPSA) is 35.5 Å². The van der Waals surface area contributed by atoms with Gasteiger partial charge in [-0.05, 0) is 49.8 Å². The minimum atomic E-state index is -0.517. The van der Waals surface area contributed by atoms with Crippen LogP contribution < -0.4 is 4.74 Å². The van der Waals surface area contributed by atoms with Crippen LogP contribution in [-0.4, -0.2) is 37.4 Å². The Hall–Kier alpha value is -2.33. The molecule has 0 fully saturated rings. The standard InChI is InChI=1S/C33H52NO3/c1-5-7-8-9-10-11-13-19-29-23-25-31(26-24-29)36-33(18-6-2)37-32(35)22-16-17-27-34(3,4)28-30-20-14-12-15-21-30/h12,14-15,20-21,23-26,33H,5-11,13,16-19,22,27-28H2,1-4H3/q+1. The zero-order valence-electron chi connectivity index (χ0n) is 24.1. The van der Waals surface area contributed by atoms with Crippen molar-refractivity contribution in [2.45, 2.75) is 110 Å². The fraction of sp³-hybridized carbons (Fsp3) is 0.606. The lowest BCUT2D eigenvalue weighted by atomic mass is 10.0. The molecule has 1 unspecified atom stereocenters. The molecule has 37 heavy (non-hydrogen) atoms. The van der Waals surface area contributed by atoms with Crippen LogP contribution in [0.1, 0.15) is 102 Å². The molecule has 2 aromatic carbocycles. The van der Waals surface area contributed by atoms with Crippen molar-refractivity contribution in [2.24, 2.45) is 0 Å². The number of benzene rings is 2. The average Bonchev–Trinajstić information content (AvgIpc) is 2.87. The summed E-state index contributed by atoms with van der Waals surface area (Å²) in [5.74, 6) is 0.608. The Morgan fingerprint density at radius 1 is 0.757 bits per heavy atom. The molecule has 1 atom stereocenters. The van der Waals surface area contributed by atoms with Crippen LogP contribution in [0.4, 0.5) is 0 Å². The van der Waals surface area contributed by atoms with Gasteiger partial charge in [0, 0.05) is 18.4 Å². The minimum absolute atomic E-state index is 0.164. The molecular formula is C33H52NO3+. The Bertz CT molecular complexity index is 848. The summed E-state index contributed by atoms with van der Waals surface area (Å²) in [6, 6.07) is 18.9. The maximum absolute atomic E-state index is 12.5. The van der Waals surface area contributed by atoms with Crippen LogP contribution in [0.15, 0.2) is 54.6 Å². The van der Waals surface area contributed by atoms with E-state index in [0.29, 0.717) is 12.8 Å². The molecule has 0 saturated carbocycles. The number of esters is 1. The van der Waals surface area contributed by atoms with Crippen molar-refractivity contribution < 1.29 is 18.8 Å². The van der Waals surface area contributed by atoms with Crippen LogP contribution in [0.25, 0.3) is 0 Å². The number of carbonyl (C=O) groups excluding carboxylic acids is 1. The number of rotatable bonds is 20. The molecule has 0 aliphatic rings. The van der Waals surface area contributed by atoms with Gasteiger partial charge in [-0.2, -0.15) is 0 Å². The van der Waals surface area contributed by atoms with E-state index >= 15 is 0 Å². The molecular weight excluding hydrogens is 458 g/mol. The summed E-state index contributed by atoms with van der Waals surface area (Å²) in [5, 5.41) is 0.